The fourth-order valence-corrected chi connectivity index (χ4v) is 2.75. The summed E-state index contributed by atoms with van der Waals surface area (Å²) in [5.74, 6) is 0.101. The average Bonchev–Trinajstić information content (AvgIpc) is 2.49. The molecule has 1 fully saturated rings. The number of halogens is 1. The van der Waals surface area contributed by atoms with Crippen LogP contribution in [0.4, 0.5) is 4.39 Å². The molecule has 4 heteroatoms. The van der Waals surface area contributed by atoms with E-state index in [1.54, 1.807) is 6.07 Å². The van der Waals surface area contributed by atoms with E-state index in [0.29, 0.717) is 12.8 Å². The molecule has 21 heavy (non-hydrogen) atoms. The maximum atomic E-state index is 14.1. The van der Waals surface area contributed by atoms with Crippen LogP contribution < -0.4 is 5.32 Å². The molecule has 1 aliphatic heterocycles. The Kier molecular flexibility index (Phi) is 5.34. The largest absolute Gasteiger partial charge is 0.340 e. The number of benzene rings is 1. The maximum absolute atomic E-state index is 14.1. The Bertz CT molecular complexity index is 510. The summed E-state index contributed by atoms with van der Waals surface area (Å²) >= 11 is 0. The van der Waals surface area contributed by atoms with Gasteiger partial charge in [0.05, 0.1) is 0 Å². The highest BCUT2D eigenvalue weighted by molar-refractivity contribution is 5.76. The van der Waals surface area contributed by atoms with Crippen molar-refractivity contribution in [1.82, 2.24) is 10.2 Å². The smallest absolute Gasteiger partial charge is 0.222 e. The van der Waals surface area contributed by atoms with Crippen molar-refractivity contribution in [3.63, 3.8) is 0 Å². The molecule has 1 N–H and O–H groups in total. The SMILES string of the molecule is Cc1cc(F)c(C(C)CCC(=O)N2CCNCC2)cc1C. The van der Waals surface area contributed by atoms with Crippen molar-refractivity contribution in [3.05, 3.63) is 34.6 Å². The van der Waals surface area contributed by atoms with Gasteiger partial charge in [0.25, 0.3) is 0 Å². The fraction of sp³-hybridized carbons (Fsp3) is 0.588. The van der Waals surface area contributed by atoms with Gasteiger partial charge in [-0.3, -0.25) is 4.79 Å². The van der Waals surface area contributed by atoms with Gasteiger partial charge < -0.3 is 10.2 Å². The lowest BCUT2D eigenvalue weighted by atomic mass is 9.92. The molecule has 116 valence electrons. The summed E-state index contributed by atoms with van der Waals surface area (Å²) in [6.07, 6.45) is 1.19. The lowest BCUT2D eigenvalue weighted by Crippen LogP contribution is -2.46. The summed E-state index contributed by atoms with van der Waals surface area (Å²) in [4.78, 5) is 14.0. The van der Waals surface area contributed by atoms with Gasteiger partial charge in [-0.15, -0.1) is 0 Å². The van der Waals surface area contributed by atoms with Crippen molar-refractivity contribution < 1.29 is 9.18 Å². The molecule has 1 aliphatic rings. The molecule has 1 aromatic carbocycles. The molecular formula is C17H25FN2O. The van der Waals surface area contributed by atoms with Crippen LogP contribution in [0.2, 0.25) is 0 Å². The quantitative estimate of drug-likeness (QED) is 0.925. The minimum absolute atomic E-state index is 0.0659. The van der Waals surface area contributed by atoms with E-state index >= 15 is 0 Å². The zero-order valence-electron chi connectivity index (χ0n) is 13.2. The first kappa shape index (κ1) is 16.0. The number of hydrogen-bond acceptors (Lipinski definition) is 2. The summed E-state index contributed by atoms with van der Waals surface area (Å²) in [7, 11) is 0. The second-order valence-electron chi connectivity index (χ2n) is 6.03. The molecule has 1 amide bonds. The summed E-state index contributed by atoms with van der Waals surface area (Å²) in [6, 6.07) is 3.52. The predicted molar refractivity (Wildman–Crippen MR) is 83.0 cm³/mol. The topological polar surface area (TPSA) is 32.3 Å². The van der Waals surface area contributed by atoms with Gasteiger partial charge in [-0.05, 0) is 48.9 Å². The van der Waals surface area contributed by atoms with Crippen molar-refractivity contribution in [1.29, 1.82) is 0 Å². The molecule has 0 spiro atoms. The molecular weight excluding hydrogens is 267 g/mol. The molecule has 0 aliphatic carbocycles. The molecule has 0 aromatic heterocycles. The van der Waals surface area contributed by atoms with Crippen LogP contribution in [-0.2, 0) is 4.79 Å². The van der Waals surface area contributed by atoms with Gasteiger partial charge in [-0.1, -0.05) is 13.0 Å². The van der Waals surface area contributed by atoms with Gasteiger partial charge in [0, 0.05) is 32.6 Å². The number of aryl methyl sites for hydroxylation is 2. The van der Waals surface area contributed by atoms with Crippen LogP contribution in [0, 0.1) is 19.7 Å². The second kappa shape index (κ2) is 7.03. The summed E-state index contributed by atoms with van der Waals surface area (Å²) in [5, 5.41) is 3.24. The van der Waals surface area contributed by atoms with Crippen LogP contribution in [0.1, 0.15) is 42.4 Å². The monoisotopic (exact) mass is 292 g/mol. The van der Waals surface area contributed by atoms with Crippen LogP contribution in [0.5, 0.6) is 0 Å². The van der Waals surface area contributed by atoms with E-state index in [2.05, 4.69) is 5.32 Å². The van der Waals surface area contributed by atoms with Crippen LogP contribution in [0.25, 0.3) is 0 Å². The Morgan fingerprint density at radius 1 is 1.29 bits per heavy atom. The highest BCUT2D eigenvalue weighted by atomic mass is 19.1. The van der Waals surface area contributed by atoms with E-state index in [0.717, 1.165) is 42.9 Å². The first-order valence-corrected chi connectivity index (χ1v) is 7.74. The Morgan fingerprint density at radius 2 is 1.90 bits per heavy atom. The molecule has 1 unspecified atom stereocenters. The number of nitrogens with one attached hydrogen (secondary N) is 1. The lowest BCUT2D eigenvalue weighted by molar-refractivity contribution is -0.131. The second-order valence-corrected chi connectivity index (χ2v) is 6.03. The van der Waals surface area contributed by atoms with Crippen LogP contribution in [0.3, 0.4) is 0 Å². The van der Waals surface area contributed by atoms with Gasteiger partial charge in [0.15, 0.2) is 0 Å². The number of rotatable bonds is 4. The zero-order valence-corrected chi connectivity index (χ0v) is 13.2. The Hall–Kier alpha value is -1.42. The fourth-order valence-electron chi connectivity index (χ4n) is 2.75. The van der Waals surface area contributed by atoms with E-state index in [1.807, 2.05) is 31.7 Å². The molecule has 0 bridgehead atoms. The lowest BCUT2D eigenvalue weighted by Gasteiger charge is -2.28. The average molecular weight is 292 g/mol. The summed E-state index contributed by atoms with van der Waals surface area (Å²) in [5.41, 5.74) is 2.80. The highest BCUT2D eigenvalue weighted by Gasteiger charge is 2.18. The summed E-state index contributed by atoms with van der Waals surface area (Å²) < 4.78 is 14.1. The van der Waals surface area contributed by atoms with Gasteiger partial charge in [-0.2, -0.15) is 0 Å². The molecule has 2 rings (SSSR count). The van der Waals surface area contributed by atoms with Gasteiger partial charge in [0.2, 0.25) is 5.91 Å². The maximum Gasteiger partial charge on any atom is 0.222 e. The molecule has 1 atom stereocenters. The normalized spacial score (nSPS) is 16.9. The number of carbonyl (C=O) groups is 1. The Morgan fingerprint density at radius 3 is 2.57 bits per heavy atom. The van der Waals surface area contributed by atoms with Gasteiger partial charge in [0.1, 0.15) is 5.82 Å². The minimum atomic E-state index is -0.153. The number of piperazine rings is 1. The third kappa shape index (κ3) is 4.03. The van der Waals surface area contributed by atoms with Crippen molar-refractivity contribution in [3.8, 4) is 0 Å². The molecule has 0 saturated carbocycles. The van der Waals surface area contributed by atoms with E-state index in [-0.39, 0.29) is 17.6 Å². The van der Waals surface area contributed by atoms with Crippen LogP contribution in [0.15, 0.2) is 12.1 Å². The van der Waals surface area contributed by atoms with Gasteiger partial charge >= 0.3 is 0 Å². The molecule has 3 nitrogen and oxygen atoms in total. The number of amides is 1. The van der Waals surface area contributed by atoms with E-state index < -0.39 is 0 Å². The third-order valence-corrected chi connectivity index (χ3v) is 4.40. The van der Waals surface area contributed by atoms with E-state index in [4.69, 9.17) is 0 Å². The van der Waals surface area contributed by atoms with E-state index in [9.17, 15) is 9.18 Å². The zero-order chi connectivity index (χ0) is 15.4. The van der Waals surface area contributed by atoms with Crippen molar-refractivity contribution in [2.24, 2.45) is 0 Å². The molecule has 1 heterocycles. The predicted octanol–water partition coefficient (Wildman–Crippen LogP) is 2.76. The molecule has 1 aromatic rings. The standard InChI is InChI=1S/C17H25FN2O/c1-12(15-10-13(2)14(3)11-16(15)18)4-5-17(21)20-8-6-19-7-9-20/h10-12,19H,4-9H2,1-3H3. The Balaban J connectivity index is 1.93. The highest BCUT2D eigenvalue weighted by Crippen LogP contribution is 2.26. The molecule has 1 saturated heterocycles. The van der Waals surface area contributed by atoms with Crippen molar-refractivity contribution in [2.75, 3.05) is 26.2 Å². The molecule has 0 radical (unpaired) electrons. The third-order valence-electron chi connectivity index (χ3n) is 4.40. The van der Waals surface area contributed by atoms with Crippen LogP contribution in [-0.4, -0.2) is 37.0 Å². The minimum Gasteiger partial charge on any atom is -0.340 e. The van der Waals surface area contributed by atoms with E-state index in [1.165, 1.54) is 0 Å². The van der Waals surface area contributed by atoms with Crippen molar-refractivity contribution in [2.45, 2.75) is 39.5 Å². The number of nitrogens with zero attached hydrogens (tertiary/aromatic N) is 1. The number of carbonyl (C=O) groups excluding carboxylic acids is 1. The van der Waals surface area contributed by atoms with Crippen LogP contribution >= 0.6 is 0 Å². The first-order chi connectivity index (χ1) is 9.99. The number of hydrogen-bond donors (Lipinski definition) is 1. The Labute approximate surface area is 126 Å². The van der Waals surface area contributed by atoms with Crippen molar-refractivity contribution >= 4 is 5.91 Å². The summed E-state index contributed by atoms with van der Waals surface area (Å²) in [6.45, 7) is 9.21. The first-order valence-electron chi connectivity index (χ1n) is 7.74. The van der Waals surface area contributed by atoms with Gasteiger partial charge in [-0.25, -0.2) is 4.39 Å².